The van der Waals surface area contributed by atoms with Crippen molar-refractivity contribution in [2.24, 2.45) is 0 Å². The second-order valence-corrected chi connectivity index (χ2v) is 4.60. The van der Waals surface area contributed by atoms with Crippen molar-refractivity contribution in [3.63, 3.8) is 0 Å². The number of aldehydes is 1. The van der Waals surface area contributed by atoms with Crippen molar-refractivity contribution in [2.75, 3.05) is 0 Å². The van der Waals surface area contributed by atoms with E-state index in [2.05, 4.69) is 0 Å². The van der Waals surface area contributed by atoms with Crippen LogP contribution in [-0.4, -0.2) is 11.2 Å². The van der Waals surface area contributed by atoms with Gasteiger partial charge in [-0.15, -0.1) is 11.3 Å². The average molecular weight is 284 g/mol. The number of rotatable bonds is 4. The molecule has 0 radical (unpaired) electrons. The van der Waals surface area contributed by atoms with Crippen molar-refractivity contribution in [3.8, 4) is 11.5 Å². The first-order chi connectivity index (χ1) is 8.61. The third-order valence-electron chi connectivity index (χ3n) is 2.07. The monoisotopic (exact) mass is 283 g/mol. The summed E-state index contributed by atoms with van der Waals surface area (Å²) >= 11 is 7.05. The second kappa shape index (κ2) is 5.16. The number of hydrogen-bond acceptors (Lipinski definition) is 5. The summed E-state index contributed by atoms with van der Waals surface area (Å²) in [6.45, 7) is 0. The van der Waals surface area contributed by atoms with E-state index >= 15 is 0 Å². The molecule has 5 nitrogen and oxygen atoms in total. The van der Waals surface area contributed by atoms with Crippen LogP contribution in [0.25, 0.3) is 0 Å². The van der Waals surface area contributed by atoms with E-state index in [1.807, 2.05) is 0 Å². The minimum Gasteiger partial charge on any atom is -0.448 e. The van der Waals surface area contributed by atoms with Crippen molar-refractivity contribution in [3.05, 3.63) is 49.7 Å². The van der Waals surface area contributed by atoms with Crippen LogP contribution in [0.2, 0.25) is 5.02 Å². The van der Waals surface area contributed by atoms with E-state index in [0.29, 0.717) is 16.9 Å². The van der Waals surface area contributed by atoms with Crippen LogP contribution in [0.5, 0.6) is 11.5 Å². The maximum absolute atomic E-state index is 10.8. The van der Waals surface area contributed by atoms with Gasteiger partial charge in [0.05, 0.1) is 14.8 Å². The number of nitro groups is 1. The molecule has 0 N–H and O–H groups in total. The molecule has 92 valence electrons. The number of para-hydroxylation sites is 1. The van der Waals surface area contributed by atoms with Crippen LogP contribution in [0.15, 0.2) is 29.6 Å². The highest BCUT2D eigenvalue weighted by Crippen LogP contribution is 2.38. The third kappa shape index (κ3) is 2.49. The average Bonchev–Trinajstić information content (AvgIpc) is 2.79. The maximum atomic E-state index is 10.8. The summed E-state index contributed by atoms with van der Waals surface area (Å²) in [5, 5.41) is 12.6. The summed E-state index contributed by atoms with van der Waals surface area (Å²) in [5.74, 6) is 0.317. The number of benzene rings is 1. The van der Waals surface area contributed by atoms with Gasteiger partial charge in [-0.1, -0.05) is 17.7 Å². The highest BCUT2D eigenvalue weighted by molar-refractivity contribution is 7.11. The van der Waals surface area contributed by atoms with Gasteiger partial charge in [0.25, 0.3) is 0 Å². The third-order valence-corrected chi connectivity index (χ3v) is 3.21. The van der Waals surface area contributed by atoms with E-state index in [-0.39, 0.29) is 16.5 Å². The fourth-order valence-corrected chi connectivity index (χ4v) is 2.13. The molecule has 0 bridgehead atoms. The number of carbonyl (C=O) groups excluding carboxylic acids is 1. The molecule has 0 aliphatic carbocycles. The number of nitro benzene ring substituents is 1. The van der Waals surface area contributed by atoms with E-state index in [1.165, 1.54) is 35.6 Å². The molecule has 0 aliphatic heterocycles. The minimum atomic E-state index is -0.575. The Bertz CT molecular complexity index is 611. The molecular weight excluding hydrogens is 278 g/mol. The van der Waals surface area contributed by atoms with Gasteiger partial charge < -0.3 is 4.74 Å². The van der Waals surface area contributed by atoms with E-state index < -0.39 is 4.92 Å². The quantitative estimate of drug-likeness (QED) is 0.484. The summed E-state index contributed by atoms with van der Waals surface area (Å²) in [6, 6.07) is 5.76. The van der Waals surface area contributed by atoms with Gasteiger partial charge in [-0.25, -0.2) is 0 Å². The van der Waals surface area contributed by atoms with Crippen LogP contribution in [0.1, 0.15) is 9.67 Å². The predicted molar refractivity (Wildman–Crippen MR) is 67.9 cm³/mol. The second-order valence-electron chi connectivity index (χ2n) is 3.25. The van der Waals surface area contributed by atoms with Crippen molar-refractivity contribution in [1.82, 2.24) is 0 Å². The van der Waals surface area contributed by atoms with E-state index in [4.69, 9.17) is 16.3 Å². The zero-order chi connectivity index (χ0) is 13.1. The van der Waals surface area contributed by atoms with Gasteiger partial charge in [0.2, 0.25) is 5.75 Å². The number of carbonyl (C=O) groups is 1. The summed E-state index contributed by atoms with van der Waals surface area (Å²) in [5.41, 5.74) is -0.221. The van der Waals surface area contributed by atoms with Gasteiger partial charge in [-0.2, -0.15) is 0 Å². The molecule has 1 heterocycles. The van der Waals surface area contributed by atoms with Gasteiger partial charge in [0, 0.05) is 17.5 Å². The summed E-state index contributed by atoms with van der Waals surface area (Å²) in [6.07, 6.45) is 0.679. The fourth-order valence-electron chi connectivity index (χ4n) is 1.31. The lowest BCUT2D eigenvalue weighted by atomic mass is 10.3. The van der Waals surface area contributed by atoms with Crippen LogP contribution in [0, 0.1) is 10.1 Å². The SMILES string of the molecule is O=Cc1cc(Oc2c(Cl)cccc2[N+](=O)[O-])cs1. The van der Waals surface area contributed by atoms with Gasteiger partial charge >= 0.3 is 5.69 Å². The zero-order valence-corrected chi connectivity index (χ0v) is 10.4. The Labute approximate surface area is 111 Å². The van der Waals surface area contributed by atoms with Gasteiger partial charge in [-0.3, -0.25) is 14.9 Å². The lowest BCUT2D eigenvalue weighted by Crippen LogP contribution is -1.93. The highest BCUT2D eigenvalue weighted by Gasteiger charge is 2.19. The largest absolute Gasteiger partial charge is 0.448 e. The minimum absolute atomic E-state index is 0.0283. The molecule has 0 atom stereocenters. The Morgan fingerprint density at radius 1 is 1.44 bits per heavy atom. The molecule has 1 aromatic carbocycles. The number of nitrogens with zero attached hydrogens (tertiary/aromatic N) is 1. The molecule has 0 unspecified atom stereocenters. The van der Waals surface area contributed by atoms with Crippen molar-refractivity contribution >= 4 is 34.9 Å². The molecule has 0 amide bonds. The first-order valence-electron chi connectivity index (χ1n) is 4.76. The number of ether oxygens (including phenoxy) is 1. The first kappa shape index (κ1) is 12.5. The Kier molecular flexibility index (Phi) is 3.59. The van der Waals surface area contributed by atoms with Crippen molar-refractivity contribution in [2.45, 2.75) is 0 Å². The summed E-state index contributed by atoms with van der Waals surface area (Å²) in [7, 11) is 0. The van der Waals surface area contributed by atoms with E-state index in [0.717, 1.165) is 0 Å². The molecule has 2 aromatic rings. The smallest absolute Gasteiger partial charge is 0.313 e. The Morgan fingerprint density at radius 2 is 2.22 bits per heavy atom. The van der Waals surface area contributed by atoms with Crippen LogP contribution in [-0.2, 0) is 0 Å². The van der Waals surface area contributed by atoms with Crippen LogP contribution in [0.3, 0.4) is 0 Å². The number of hydrogen-bond donors (Lipinski definition) is 0. The molecule has 0 fully saturated rings. The first-order valence-corrected chi connectivity index (χ1v) is 6.02. The molecule has 1 aromatic heterocycles. The van der Waals surface area contributed by atoms with Gasteiger partial charge in [-0.05, 0) is 6.07 Å². The maximum Gasteiger partial charge on any atom is 0.313 e. The van der Waals surface area contributed by atoms with Gasteiger partial charge in [0.1, 0.15) is 5.75 Å². The molecule has 18 heavy (non-hydrogen) atoms. The summed E-state index contributed by atoms with van der Waals surface area (Å²) < 4.78 is 5.36. The fraction of sp³-hybridized carbons (Fsp3) is 0. The zero-order valence-electron chi connectivity index (χ0n) is 8.83. The topological polar surface area (TPSA) is 69.4 Å². The standard InChI is InChI=1S/C11H6ClNO4S/c12-9-2-1-3-10(13(15)16)11(9)17-7-4-8(5-14)18-6-7/h1-6H. The lowest BCUT2D eigenvalue weighted by Gasteiger charge is -2.05. The highest BCUT2D eigenvalue weighted by atomic mass is 35.5. The molecule has 0 saturated carbocycles. The normalized spacial score (nSPS) is 10.1. The van der Waals surface area contributed by atoms with E-state index in [1.54, 1.807) is 5.38 Å². The lowest BCUT2D eigenvalue weighted by molar-refractivity contribution is -0.385. The van der Waals surface area contributed by atoms with Crippen LogP contribution in [0.4, 0.5) is 5.69 Å². The Morgan fingerprint density at radius 3 is 2.83 bits per heavy atom. The number of halogens is 1. The van der Waals surface area contributed by atoms with Crippen LogP contribution >= 0.6 is 22.9 Å². The van der Waals surface area contributed by atoms with Crippen molar-refractivity contribution in [1.29, 1.82) is 0 Å². The predicted octanol–water partition coefficient (Wildman–Crippen LogP) is 3.91. The molecule has 7 heteroatoms. The Balaban J connectivity index is 2.38. The molecule has 0 saturated heterocycles. The van der Waals surface area contributed by atoms with Gasteiger partial charge in [0.15, 0.2) is 6.29 Å². The summed E-state index contributed by atoms with van der Waals surface area (Å²) in [4.78, 5) is 21.3. The van der Waals surface area contributed by atoms with E-state index in [9.17, 15) is 14.9 Å². The molecule has 2 rings (SSSR count). The van der Waals surface area contributed by atoms with Crippen LogP contribution < -0.4 is 4.74 Å². The Hall–Kier alpha value is -1.92. The molecule has 0 aliphatic rings. The molecular formula is C11H6ClNO4S. The number of thiophene rings is 1. The molecule has 0 spiro atoms. The van der Waals surface area contributed by atoms with Crippen molar-refractivity contribution < 1.29 is 14.5 Å².